The summed E-state index contributed by atoms with van der Waals surface area (Å²) in [7, 11) is 0. The van der Waals surface area contributed by atoms with Crippen LogP contribution in [-0.2, 0) is 9.53 Å². The zero-order valence-electron chi connectivity index (χ0n) is 34.5. The third kappa shape index (κ3) is 24.4. The number of hydrogen-bond donors (Lipinski definition) is 7. The molecule has 0 aromatic heterocycles. The standard InChI is InChI=1S/C44H87NO8/c1-3-5-7-9-11-13-15-17-18-19-20-22-24-26-28-30-32-34-38(48)45-39(41(50)44-43(52)42(51)40(49)37(35-46)53-44)36(47)33-31-29-27-25-23-21-16-14-12-10-8-6-4-2/h36-37,39-44,46-47,49-52H,3-35H2,1-2H3,(H,45,48)/t36-,37-,39-,40-,41?,42+,43-,44+/m1/s1. The van der Waals surface area contributed by atoms with E-state index in [1.807, 2.05) is 0 Å². The summed E-state index contributed by atoms with van der Waals surface area (Å²) < 4.78 is 5.60. The van der Waals surface area contributed by atoms with E-state index in [4.69, 9.17) is 4.74 Å². The summed E-state index contributed by atoms with van der Waals surface area (Å²) in [5.74, 6) is -0.288. The first kappa shape index (κ1) is 50.2. The van der Waals surface area contributed by atoms with Crippen LogP contribution in [0.1, 0.15) is 219 Å². The second-order valence-electron chi connectivity index (χ2n) is 16.4. The number of nitrogens with one attached hydrogen (secondary N) is 1. The highest BCUT2D eigenvalue weighted by atomic mass is 16.6. The Hall–Kier alpha value is -0.810. The number of rotatable bonds is 37. The summed E-state index contributed by atoms with van der Waals surface area (Å²) in [6, 6.07) is -1.13. The van der Waals surface area contributed by atoms with Gasteiger partial charge in [-0.25, -0.2) is 0 Å². The molecule has 0 bridgehead atoms. The van der Waals surface area contributed by atoms with Crippen LogP contribution < -0.4 is 5.32 Å². The van der Waals surface area contributed by atoms with Gasteiger partial charge >= 0.3 is 0 Å². The smallest absolute Gasteiger partial charge is 0.220 e. The van der Waals surface area contributed by atoms with Gasteiger partial charge in [-0.1, -0.05) is 200 Å². The van der Waals surface area contributed by atoms with Gasteiger partial charge in [-0.2, -0.15) is 0 Å². The molecule has 0 spiro atoms. The SMILES string of the molecule is CCCCCCCCCCCCCCCCCCCC(=O)N[C@@H](C(O)[C@@H]1O[C@H](CO)[C@@H](O)[C@H](O)[C@H]1O)[C@H](O)CCCCCCCCCCCCCCC. The molecular formula is C44H87NO8. The predicted octanol–water partition coefficient (Wildman–Crippen LogP) is 8.56. The second kappa shape index (κ2) is 34.4. The van der Waals surface area contributed by atoms with Crippen molar-refractivity contribution < 1.29 is 40.2 Å². The Morgan fingerprint density at radius 1 is 0.528 bits per heavy atom. The molecule has 1 unspecified atom stereocenters. The first-order chi connectivity index (χ1) is 25.8. The van der Waals surface area contributed by atoms with Crippen LogP contribution in [0.4, 0.5) is 0 Å². The molecule has 8 atom stereocenters. The number of ether oxygens (including phenoxy) is 1. The van der Waals surface area contributed by atoms with E-state index < -0.39 is 55.4 Å². The van der Waals surface area contributed by atoms with Crippen molar-refractivity contribution in [2.75, 3.05) is 6.61 Å². The number of aliphatic hydroxyl groups excluding tert-OH is 6. The molecule has 1 saturated heterocycles. The lowest BCUT2D eigenvalue weighted by molar-refractivity contribution is -0.253. The Labute approximate surface area is 325 Å². The summed E-state index contributed by atoms with van der Waals surface area (Å²) in [5, 5.41) is 66.2. The van der Waals surface area contributed by atoms with Gasteiger partial charge in [0.25, 0.3) is 0 Å². The molecule has 7 N–H and O–H groups in total. The molecule has 0 aromatic carbocycles. The summed E-state index contributed by atoms with van der Waals surface area (Å²) >= 11 is 0. The van der Waals surface area contributed by atoms with E-state index in [1.54, 1.807) is 0 Å². The number of hydrogen-bond acceptors (Lipinski definition) is 8. The molecule has 1 aliphatic heterocycles. The van der Waals surface area contributed by atoms with Gasteiger partial charge < -0.3 is 40.7 Å². The molecule has 0 aromatic rings. The van der Waals surface area contributed by atoms with Gasteiger partial charge in [0, 0.05) is 6.42 Å². The van der Waals surface area contributed by atoms with Crippen LogP contribution in [0.3, 0.4) is 0 Å². The molecule has 1 fully saturated rings. The normalized spacial score (nSPS) is 22.2. The van der Waals surface area contributed by atoms with Gasteiger partial charge in [-0.05, 0) is 12.8 Å². The maximum Gasteiger partial charge on any atom is 0.220 e. The number of aliphatic hydroxyl groups is 6. The number of unbranched alkanes of at least 4 members (excludes halogenated alkanes) is 28. The predicted molar refractivity (Wildman–Crippen MR) is 217 cm³/mol. The van der Waals surface area contributed by atoms with Crippen LogP contribution in [0.5, 0.6) is 0 Å². The van der Waals surface area contributed by atoms with E-state index in [0.29, 0.717) is 12.8 Å². The van der Waals surface area contributed by atoms with Crippen LogP contribution in [0.15, 0.2) is 0 Å². The minimum Gasteiger partial charge on any atom is -0.394 e. The first-order valence-corrected chi connectivity index (χ1v) is 22.7. The van der Waals surface area contributed by atoms with Crippen LogP contribution in [-0.4, -0.2) is 91.9 Å². The monoisotopic (exact) mass is 758 g/mol. The zero-order chi connectivity index (χ0) is 38.9. The molecule has 1 rings (SSSR count). The molecule has 1 heterocycles. The highest BCUT2D eigenvalue weighted by Crippen LogP contribution is 2.26. The average Bonchev–Trinajstić information content (AvgIpc) is 3.15. The summed E-state index contributed by atoms with van der Waals surface area (Å²) in [4.78, 5) is 13.0. The molecule has 0 aliphatic carbocycles. The van der Waals surface area contributed by atoms with Crippen LogP contribution in [0.25, 0.3) is 0 Å². The average molecular weight is 758 g/mol. The van der Waals surface area contributed by atoms with Crippen molar-refractivity contribution in [2.45, 2.75) is 268 Å². The Balaban J connectivity index is 2.39. The minimum atomic E-state index is -1.66. The zero-order valence-corrected chi connectivity index (χ0v) is 34.5. The van der Waals surface area contributed by atoms with Crippen LogP contribution in [0.2, 0.25) is 0 Å². The number of carbonyl (C=O) groups excluding carboxylic acids is 1. The van der Waals surface area contributed by atoms with Gasteiger partial charge in [0.1, 0.15) is 36.6 Å². The summed E-state index contributed by atoms with van der Waals surface area (Å²) in [6.45, 7) is 3.89. The minimum absolute atomic E-state index is 0.266. The Kier molecular flexibility index (Phi) is 32.6. The molecule has 0 radical (unpaired) electrons. The Bertz CT molecular complexity index is 816. The number of amides is 1. The topological polar surface area (TPSA) is 160 Å². The van der Waals surface area contributed by atoms with Crippen molar-refractivity contribution in [1.82, 2.24) is 5.32 Å². The largest absolute Gasteiger partial charge is 0.394 e. The van der Waals surface area contributed by atoms with Crippen molar-refractivity contribution >= 4 is 5.91 Å². The van der Waals surface area contributed by atoms with Crippen LogP contribution in [0, 0.1) is 0 Å². The Morgan fingerprint density at radius 3 is 1.26 bits per heavy atom. The van der Waals surface area contributed by atoms with E-state index in [-0.39, 0.29) is 12.3 Å². The van der Waals surface area contributed by atoms with Crippen molar-refractivity contribution in [2.24, 2.45) is 0 Å². The van der Waals surface area contributed by atoms with Crippen molar-refractivity contribution in [3.63, 3.8) is 0 Å². The third-order valence-electron chi connectivity index (χ3n) is 11.5. The fourth-order valence-corrected chi connectivity index (χ4v) is 7.85. The lowest BCUT2D eigenvalue weighted by atomic mass is 9.87. The number of carbonyl (C=O) groups is 1. The van der Waals surface area contributed by atoms with Gasteiger partial charge in [-0.3, -0.25) is 4.79 Å². The van der Waals surface area contributed by atoms with Crippen molar-refractivity contribution in [3.05, 3.63) is 0 Å². The highest BCUT2D eigenvalue weighted by Gasteiger charge is 2.48. The quantitative estimate of drug-likeness (QED) is 0.0311. The molecule has 1 aliphatic rings. The maximum atomic E-state index is 13.0. The molecule has 9 nitrogen and oxygen atoms in total. The van der Waals surface area contributed by atoms with Gasteiger partial charge in [-0.15, -0.1) is 0 Å². The van der Waals surface area contributed by atoms with Crippen LogP contribution >= 0.6 is 0 Å². The maximum absolute atomic E-state index is 13.0. The van der Waals surface area contributed by atoms with E-state index in [2.05, 4.69) is 19.2 Å². The summed E-state index contributed by atoms with van der Waals surface area (Å²) in [5.41, 5.74) is 0. The molecule has 1 amide bonds. The van der Waals surface area contributed by atoms with E-state index in [0.717, 1.165) is 44.9 Å². The molecule has 9 heteroatoms. The highest BCUT2D eigenvalue weighted by molar-refractivity contribution is 5.76. The van der Waals surface area contributed by atoms with E-state index in [9.17, 15) is 35.4 Å². The Morgan fingerprint density at radius 2 is 0.887 bits per heavy atom. The van der Waals surface area contributed by atoms with Crippen molar-refractivity contribution in [3.8, 4) is 0 Å². The molecular weight excluding hydrogens is 670 g/mol. The third-order valence-corrected chi connectivity index (χ3v) is 11.5. The van der Waals surface area contributed by atoms with Crippen molar-refractivity contribution in [1.29, 1.82) is 0 Å². The lowest BCUT2D eigenvalue weighted by Gasteiger charge is -2.44. The van der Waals surface area contributed by atoms with E-state index in [1.165, 1.54) is 141 Å². The molecule has 53 heavy (non-hydrogen) atoms. The van der Waals surface area contributed by atoms with Gasteiger partial charge in [0.2, 0.25) is 5.91 Å². The molecule has 316 valence electrons. The fraction of sp³-hybridized carbons (Fsp3) is 0.977. The van der Waals surface area contributed by atoms with E-state index >= 15 is 0 Å². The fourth-order valence-electron chi connectivity index (χ4n) is 7.85. The van der Waals surface area contributed by atoms with Gasteiger partial charge in [0.15, 0.2) is 0 Å². The first-order valence-electron chi connectivity index (χ1n) is 22.7. The second-order valence-corrected chi connectivity index (χ2v) is 16.4. The summed E-state index contributed by atoms with van der Waals surface area (Å²) in [6.07, 6.45) is 27.5. The molecule has 0 saturated carbocycles. The van der Waals surface area contributed by atoms with Gasteiger partial charge in [0.05, 0.1) is 18.8 Å². The lowest BCUT2D eigenvalue weighted by Crippen LogP contribution is -2.66.